The van der Waals surface area contributed by atoms with Crippen LogP contribution in [0.3, 0.4) is 0 Å². The average molecular weight is 385 g/mol. The number of carbonyl (C=O) groups is 2. The number of fused-ring (bicyclic) bond motifs is 2. The summed E-state index contributed by atoms with van der Waals surface area (Å²) in [5.74, 6) is 1.55. The maximum Gasteiger partial charge on any atom is 0.228 e. The SMILES string of the molecule is CCC(C)CN1C[C@H]2C(=O)NC3(CCN(C(=O)Cc4ccccn4)CC3)[C@H]2C1. The van der Waals surface area contributed by atoms with Gasteiger partial charge in [0.2, 0.25) is 11.8 Å². The number of rotatable bonds is 5. The van der Waals surface area contributed by atoms with Gasteiger partial charge in [-0.1, -0.05) is 26.3 Å². The molecule has 1 aromatic heterocycles. The van der Waals surface area contributed by atoms with Gasteiger partial charge in [0.15, 0.2) is 0 Å². The summed E-state index contributed by atoms with van der Waals surface area (Å²) in [7, 11) is 0. The molecule has 28 heavy (non-hydrogen) atoms. The van der Waals surface area contributed by atoms with E-state index in [1.165, 1.54) is 6.42 Å². The number of amides is 2. The summed E-state index contributed by atoms with van der Waals surface area (Å²) in [6, 6.07) is 5.68. The maximum atomic E-state index is 12.7. The third kappa shape index (κ3) is 3.66. The monoisotopic (exact) mass is 384 g/mol. The van der Waals surface area contributed by atoms with E-state index in [0.717, 1.165) is 51.3 Å². The molecule has 0 aromatic carbocycles. The number of hydrogen-bond donors (Lipinski definition) is 1. The summed E-state index contributed by atoms with van der Waals surface area (Å²) in [5, 5.41) is 3.35. The van der Waals surface area contributed by atoms with Gasteiger partial charge < -0.3 is 15.1 Å². The summed E-state index contributed by atoms with van der Waals surface area (Å²) in [4.78, 5) is 34.0. The van der Waals surface area contributed by atoms with Crippen molar-refractivity contribution < 1.29 is 9.59 Å². The second-order valence-corrected chi connectivity index (χ2v) is 8.97. The van der Waals surface area contributed by atoms with Crippen molar-refractivity contribution in [3.05, 3.63) is 30.1 Å². The third-order valence-corrected chi connectivity index (χ3v) is 7.15. The zero-order chi connectivity index (χ0) is 19.7. The van der Waals surface area contributed by atoms with E-state index in [4.69, 9.17) is 0 Å². The van der Waals surface area contributed by atoms with Gasteiger partial charge >= 0.3 is 0 Å². The molecule has 3 aliphatic rings. The van der Waals surface area contributed by atoms with Crippen molar-refractivity contribution in [3.8, 4) is 0 Å². The first-order valence-corrected chi connectivity index (χ1v) is 10.7. The molecule has 0 radical (unpaired) electrons. The van der Waals surface area contributed by atoms with E-state index in [1.807, 2.05) is 23.1 Å². The Morgan fingerprint density at radius 2 is 2.11 bits per heavy atom. The summed E-state index contributed by atoms with van der Waals surface area (Å²) in [6.07, 6.45) is 4.99. The average Bonchev–Trinajstić information content (AvgIpc) is 3.22. The van der Waals surface area contributed by atoms with Gasteiger partial charge in [0.1, 0.15) is 0 Å². The highest BCUT2D eigenvalue weighted by Crippen LogP contribution is 2.44. The Bertz CT molecular complexity index is 715. The minimum absolute atomic E-state index is 0.117. The molecule has 4 heterocycles. The van der Waals surface area contributed by atoms with Crippen LogP contribution in [0.15, 0.2) is 24.4 Å². The molecule has 1 aromatic rings. The topological polar surface area (TPSA) is 65.5 Å². The van der Waals surface area contributed by atoms with Crippen LogP contribution in [0.25, 0.3) is 0 Å². The van der Waals surface area contributed by atoms with Gasteiger partial charge in [-0.25, -0.2) is 0 Å². The van der Waals surface area contributed by atoms with Gasteiger partial charge in [0, 0.05) is 56.1 Å². The van der Waals surface area contributed by atoms with E-state index in [2.05, 4.69) is 29.0 Å². The van der Waals surface area contributed by atoms with E-state index in [0.29, 0.717) is 18.3 Å². The van der Waals surface area contributed by atoms with Gasteiger partial charge in [0.25, 0.3) is 0 Å². The predicted octanol–water partition coefficient (Wildman–Crippen LogP) is 1.71. The normalized spacial score (nSPS) is 27.6. The fourth-order valence-electron chi connectivity index (χ4n) is 5.28. The minimum Gasteiger partial charge on any atom is -0.350 e. The van der Waals surface area contributed by atoms with Crippen LogP contribution < -0.4 is 5.32 Å². The highest BCUT2D eigenvalue weighted by Gasteiger charge is 2.57. The Kier molecular flexibility index (Phi) is 5.41. The van der Waals surface area contributed by atoms with Crippen molar-refractivity contribution in [1.29, 1.82) is 0 Å². The van der Waals surface area contributed by atoms with Gasteiger partial charge in [0.05, 0.1) is 12.3 Å². The Morgan fingerprint density at radius 3 is 2.79 bits per heavy atom. The van der Waals surface area contributed by atoms with Crippen molar-refractivity contribution in [3.63, 3.8) is 0 Å². The van der Waals surface area contributed by atoms with E-state index < -0.39 is 0 Å². The quantitative estimate of drug-likeness (QED) is 0.839. The van der Waals surface area contributed by atoms with Crippen molar-refractivity contribution >= 4 is 11.8 Å². The van der Waals surface area contributed by atoms with Crippen LogP contribution in [-0.4, -0.2) is 64.9 Å². The Balaban J connectivity index is 1.37. The lowest BCUT2D eigenvalue weighted by Gasteiger charge is -2.43. The number of carbonyl (C=O) groups excluding carboxylic acids is 2. The molecule has 6 nitrogen and oxygen atoms in total. The molecule has 152 valence electrons. The molecule has 0 aliphatic carbocycles. The second-order valence-electron chi connectivity index (χ2n) is 8.97. The van der Waals surface area contributed by atoms with Crippen LogP contribution in [0.1, 0.15) is 38.8 Å². The third-order valence-electron chi connectivity index (χ3n) is 7.15. The lowest BCUT2D eigenvalue weighted by molar-refractivity contribution is -0.132. The molecule has 3 aliphatic heterocycles. The van der Waals surface area contributed by atoms with Crippen LogP contribution in [0, 0.1) is 17.8 Å². The maximum absolute atomic E-state index is 12.7. The first-order valence-electron chi connectivity index (χ1n) is 10.7. The van der Waals surface area contributed by atoms with Gasteiger partial charge in [-0.3, -0.25) is 14.6 Å². The number of aromatic nitrogens is 1. The van der Waals surface area contributed by atoms with Crippen LogP contribution in [0.4, 0.5) is 0 Å². The molecule has 3 saturated heterocycles. The number of nitrogens with one attached hydrogen (secondary N) is 1. The summed E-state index contributed by atoms with van der Waals surface area (Å²) in [6.45, 7) is 8.95. The minimum atomic E-state index is -0.117. The van der Waals surface area contributed by atoms with Crippen molar-refractivity contribution in [1.82, 2.24) is 20.1 Å². The number of hydrogen-bond acceptors (Lipinski definition) is 4. The van der Waals surface area contributed by atoms with Crippen LogP contribution in [0.2, 0.25) is 0 Å². The number of piperidine rings is 1. The molecule has 3 fully saturated rings. The summed E-state index contributed by atoms with van der Waals surface area (Å²) in [5.41, 5.74) is 0.701. The van der Waals surface area contributed by atoms with Gasteiger partial charge in [-0.05, 0) is 30.9 Å². The zero-order valence-corrected chi connectivity index (χ0v) is 17.1. The van der Waals surface area contributed by atoms with Crippen molar-refractivity contribution in [2.75, 3.05) is 32.7 Å². The fourth-order valence-corrected chi connectivity index (χ4v) is 5.28. The lowest BCUT2D eigenvalue weighted by Crippen LogP contribution is -2.56. The summed E-state index contributed by atoms with van der Waals surface area (Å²) >= 11 is 0. The van der Waals surface area contributed by atoms with Crippen LogP contribution in [0.5, 0.6) is 0 Å². The molecule has 6 heteroatoms. The molecule has 3 atom stereocenters. The van der Waals surface area contributed by atoms with E-state index in [1.54, 1.807) is 6.20 Å². The molecule has 1 spiro atoms. The molecule has 2 amide bonds. The number of likely N-dealkylation sites (tertiary alicyclic amines) is 2. The smallest absolute Gasteiger partial charge is 0.228 e. The number of pyridine rings is 1. The van der Waals surface area contributed by atoms with E-state index >= 15 is 0 Å². The Morgan fingerprint density at radius 1 is 1.32 bits per heavy atom. The summed E-state index contributed by atoms with van der Waals surface area (Å²) < 4.78 is 0. The molecule has 0 saturated carbocycles. The second kappa shape index (κ2) is 7.82. The van der Waals surface area contributed by atoms with Gasteiger partial charge in [-0.2, -0.15) is 0 Å². The fraction of sp³-hybridized carbons (Fsp3) is 0.682. The Labute approximate surface area is 167 Å². The Hall–Kier alpha value is -1.95. The van der Waals surface area contributed by atoms with Crippen molar-refractivity contribution in [2.45, 2.75) is 45.1 Å². The molecule has 4 rings (SSSR count). The van der Waals surface area contributed by atoms with Crippen molar-refractivity contribution in [2.24, 2.45) is 17.8 Å². The van der Waals surface area contributed by atoms with Crippen LogP contribution >= 0.6 is 0 Å². The highest BCUT2D eigenvalue weighted by atomic mass is 16.2. The molecule has 0 bridgehead atoms. The molecular formula is C22H32N4O2. The first-order chi connectivity index (χ1) is 13.5. The van der Waals surface area contributed by atoms with Gasteiger partial charge in [-0.15, -0.1) is 0 Å². The van der Waals surface area contributed by atoms with E-state index in [-0.39, 0.29) is 23.3 Å². The predicted molar refractivity (Wildman–Crippen MR) is 108 cm³/mol. The van der Waals surface area contributed by atoms with Crippen LogP contribution in [-0.2, 0) is 16.0 Å². The number of nitrogens with zero attached hydrogens (tertiary/aromatic N) is 3. The zero-order valence-electron chi connectivity index (χ0n) is 17.1. The largest absolute Gasteiger partial charge is 0.350 e. The molecule has 1 unspecified atom stereocenters. The molecule has 1 N–H and O–H groups in total. The standard InChI is InChI=1S/C22H32N4O2/c1-3-16(2)13-25-14-18-19(15-25)22(24-21(18)28)7-10-26(11-8-22)20(27)12-17-6-4-5-9-23-17/h4-6,9,16,18-19H,3,7-8,10-15H2,1-2H3,(H,24,28)/t16?,18-,19+/m1/s1. The molecular weight excluding hydrogens is 352 g/mol. The van der Waals surface area contributed by atoms with E-state index in [9.17, 15) is 9.59 Å². The first kappa shape index (κ1) is 19.4. The highest BCUT2D eigenvalue weighted by molar-refractivity contribution is 5.84. The lowest BCUT2D eigenvalue weighted by atomic mass is 9.75.